The third kappa shape index (κ3) is 3.59. The molecule has 0 aliphatic rings. The van der Waals surface area contributed by atoms with Gasteiger partial charge < -0.3 is 9.88 Å². The van der Waals surface area contributed by atoms with Gasteiger partial charge in [0.15, 0.2) is 11.3 Å². The maximum absolute atomic E-state index is 13.2. The predicted molar refractivity (Wildman–Crippen MR) is 96.0 cm³/mol. The highest BCUT2D eigenvalue weighted by molar-refractivity contribution is 9.10. The highest BCUT2D eigenvalue weighted by Crippen LogP contribution is 2.32. The smallest absolute Gasteiger partial charge is 0.355 e. The molecule has 1 N–H and O–H groups in total. The molecule has 3 heterocycles. The minimum atomic E-state index is -4.65. The Hall–Kier alpha value is -2.69. The van der Waals surface area contributed by atoms with Crippen LogP contribution in [0, 0.1) is 6.92 Å². The van der Waals surface area contributed by atoms with E-state index in [4.69, 9.17) is 0 Å². The lowest BCUT2D eigenvalue weighted by Gasteiger charge is -2.05. The Morgan fingerprint density at radius 1 is 1.30 bits per heavy atom. The zero-order chi connectivity index (χ0) is 19.9. The van der Waals surface area contributed by atoms with Crippen LogP contribution in [0.25, 0.3) is 17.8 Å². The van der Waals surface area contributed by atoms with Crippen LogP contribution in [-0.2, 0) is 13.2 Å². The van der Waals surface area contributed by atoms with Crippen molar-refractivity contribution in [3.63, 3.8) is 0 Å². The van der Waals surface area contributed by atoms with Crippen molar-refractivity contribution >= 4 is 39.6 Å². The summed E-state index contributed by atoms with van der Waals surface area (Å²) in [5, 5.41) is 6.58. The normalized spacial score (nSPS) is 12.3. The van der Waals surface area contributed by atoms with E-state index in [1.54, 1.807) is 30.0 Å². The molecule has 142 valence electrons. The molecule has 0 fully saturated rings. The van der Waals surface area contributed by atoms with Crippen molar-refractivity contribution in [2.24, 2.45) is 7.05 Å². The fraction of sp³-hybridized carbons (Fsp3) is 0.250. The molecule has 0 saturated carbocycles. The van der Waals surface area contributed by atoms with Gasteiger partial charge in [-0.3, -0.25) is 4.79 Å². The van der Waals surface area contributed by atoms with Crippen LogP contribution in [0.3, 0.4) is 0 Å². The highest BCUT2D eigenvalue weighted by atomic mass is 79.9. The fourth-order valence-corrected chi connectivity index (χ4v) is 3.05. The Morgan fingerprint density at radius 2 is 2.00 bits per heavy atom. The van der Waals surface area contributed by atoms with Gasteiger partial charge in [0.25, 0.3) is 5.91 Å². The van der Waals surface area contributed by atoms with Crippen LogP contribution < -0.4 is 5.32 Å². The summed E-state index contributed by atoms with van der Waals surface area (Å²) in [4.78, 5) is 20.0. The number of alkyl halides is 3. The first-order valence-electron chi connectivity index (χ1n) is 7.68. The summed E-state index contributed by atoms with van der Waals surface area (Å²) in [7, 11) is 3.18. The molecular formula is C16H14BrF3N6O. The number of rotatable bonds is 3. The Bertz CT molecular complexity index is 1070. The van der Waals surface area contributed by atoms with Crippen LogP contribution in [-0.4, -0.2) is 37.1 Å². The number of halogens is 4. The molecule has 27 heavy (non-hydrogen) atoms. The molecule has 0 aliphatic heterocycles. The molecule has 11 heteroatoms. The zero-order valence-corrected chi connectivity index (χ0v) is 16.1. The SMILES string of the molecule is CNC(=O)c1cc(/C=C/c2nc(Br)cn2C)nn2c(C)c(C(F)(F)F)nc12. The lowest BCUT2D eigenvalue weighted by Crippen LogP contribution is -2.19. The van der Waals surface area contributed by atoms with E-state index in [2.05, 4.69) is 36.3 Å². The van der Waals surface area contributed by atoms with E-state index >= 15 is 0 Å². The van der Waals surface area contributed by atoms with Gasteiger partial charge in [0, 0.05) is 20.3 Å². The van der Waals surface area contributed by atoms with Gasteiger partial charge in [-0.25, -0.2) is 14.5 Å². The molecule has 0 spiro atoms. The lowest BCUT2D eigenvalue weighted by molar-refractivity contribution is -0.141. The second-order valence-corrected chi connectivity index (χ2v) is 6.52. The number of fused-ring (bicyclic) bond motifs is 1. The summed E-state index contributed by atoms with van der Waals surface area (Å²) in [5.41, 5.74) is -1.15. The van der Waals surface area contributed by atoms with E-state index in [-0.39, 0.29) is 22.6 Å². The molecule has 0 aromatic carbocycles. The number of aryl methyl sites for hydroxylation is 2. The minimum absolute atomic E-state index is 0.00762. The fourth-order valence-electron chi connectivity index (χ4n) is 2.56. The third-order valence-corrected chi connectivity index (χ3v) is 4.24. The molecule has 0 aliphatic carbocycles. The molecule has 0 bridgehead atoms. The van der Waals surface area contributed by atoms with E-state index in [1.807, 2.05) is 0 Å². The Labute approximate surface area is 160 Å². The summed E-state index contributed by atoms with van der Waals surface area (Å²) in [6, 6.07) is 1.38. The topological polar surface area (TPSA) is 77.1 Å². The van der Waals surface area contributed by atoms with Gasteiger partial charge >= 0.3 is 6.18 Å². The average molecular weight is 443 g/mol. The first-order chi connectivity index (χ1) is 12.6. The van der Waals surface area contributed by atoms with Gasteiger partial charge in [-0.05, 0) is 41.1 Å². The molecule has 3 aromatic rings. The third-order valence-electron chi connectivity index (χ3n) is 3.85. The zero-order valence-electron chi connectivity index (χ0n) is 14.5. The Balaban J connectivity index is 2.18. The maximum atomic E-state index is 13.2. The van der Waals surface area contributed by atoms with E-state index < -0.39 is 17.8 Å². The quantitative estimate of drug-likeness (QED) is 0.675. The highest BCUT2D eigenvalue weighted by Gasteiger charge is 2.37. The number of carbonyl (C=O) groups excluding carboxylic acids is 1. The van der Waals surface area contributed by atoms with Crippen LogP contribution in [0.15, 0.2) is 16.9 Å². The molecule has 7 nitrogen and oxygen atoms in total. The van der Waals surface area contributed by atoms with Crippen molar-refractivity contribution in [3.8, 4) is 0 Å². The number of hydrogen-bond acceptors (Lipinski definition) is 4. The van der Waals surface area contributed by atoms with Gasteiger partial charge in [-0.15, -0.1) is 0 Å². The standard InChI is InChI=1S/C16H14BrF3N6O/c1-8-13(16(18,19)20)23-14-10(15(27)21-2)6-9(24-26(8)14)4-5-12-22-11(17)7-25(12)3/h4-7H,1-3H3,(H,21,27)/b5-4+. The van der Waals surface area contributed by atoms with Crippen molar-refractivity contribution in [3.05, 3.63) is 45.3 Å². The van der Waals surface area contributed by atoms with Crippen molar-refractivity contribution in [2.45, 2.75) is 13.1 Å². The van der Waals surface area contributed by atoms with E-state index in [0.29, 0.717) is 10.4 Å². The van der Waals surface area contributed by atoms with Crippen molar-refractivity contribution in [1.29, 1.82) is 0 Å². The Morgan fingerprint density at radius 3 is 2.56 bits per heavy atom. The number of carbonyl (C=O) groups is 1. The van der Waals surface area contributed by atoms with Gasteiger partial charge in [0.1, 0.15) is 10.4 Å². The largest absolute Gasteiger partial charge is 0.435 e. The first kappa shape index (κ1) is 19.1. The molecule has 3 aromatic heterocycles. The van der Waals surface area contributed by atoms with Crippen molar-refractivity contribution < 1.29 is 18.0 Å². The number of nitrogens with one attached hydrogen (secondary N) is 1. The molecule has 0 unspecified atom stereocenters. The average Bonchev–Trinajstić information content (AvgIpc) is 3.10. The number of aromatic nitrogens is 5. The van der Waals surface area contributed by atoms with Gasteiger partial charge in [-0.2, -0.15) is 18.3 Å². The molecular weight excluding hydrogens is 429 g/mol. The molecule has 0 radical (unpaired) electrons. The summed E-state index contributed by atoms with van der Waals surface area (Å²) in [5.74, 6) is 0.0408. The first-order valence-corrected chi connectivity index (χ1v) is 8.47. The molecule has 0 atom stereocenters. The molecule has 3 rings (SSSR count). The lowest BCUT2D eigenvalue weighted by atomic mass is 10.2. The van der Waals surface area contributed by atoms with Crippen LogP contribution in [0.5, 0.6) is 0 Å². The number of amides is 1. The van der Waals surface area contributed by atoms with Crippen LogP contribution >= 0.6 is 15.9 Å². The molecule has 1 amide bonds. The second kappa shape index (κ2) is 6.80. The van der Waals surface area contributed by atoms with Gasteiger partial charge in [-0.1, -0.05) is 0 Å². The summed E-state index contributed by atoms with van der Waals surface area (Å²) in [6.45, 7) is 1.26. The van der Waals surface area contributed by atoms with Crippen molar-refractivity contribution in [1.82, 2.24) is 29.5 Å². The van der Waals surface area contributed by atoms with E-state index in [1.165, 1.54) is 20.0 Å². The summed E-state index contributed by atoms with van der Waals surface area (Å²) >= 11 is 3.26. The second-order valence-electron chi connectivity index (χ2n) is 5.71. The summed E-state index contributed by atoms with van der Waals surface area (Å²) < 4.78 is 43.0. The number of hydrogen-bond donors (Lipinski definition) is 1. The van der Waals surface area contributed by atoms with Crippen LogP contribution in [0.4, 0.5) is 13.2 Å². The number of nitrogens with zero attached hydrogens (tertiary/aromatic N) is 5. The van der Waals surface area contributed by atoms with Gasteiger partial charge in [0.2, 0.25) is 0 Å². The predicted octanol–water partition coefficient (Wildman–Crippen LogP) is 3.08. The monoisotopic (exact) mass is 442 g/mol. The van der Waals surface area contributed by atoms with Crippen LogP contribution in [0.1, 0.15) is 33.3 Å². The molecule has 0 saturated heterocycles. The Kier molecular flexibility index (Phi) is 4.81. The van der Waals surface area contributed by atoms with Crippen LogP contribution in [0.2, 0.25) is 0 Å². The maximum Gasteiger partial charge on any atom is 0.435 e. The van der Waals surface area contributed by atoms with Gasteiger partial charge in [0.05, 0.1) is 17.0 Å². The minimum Gasteiger partial charge on any atom is -0.355 e. The van der Waals surface area contributed by atoms with Crippen molar-refractivity contribution in [2.75, 3.05) is 7.05 Å². The van der Waals surface area contributed by atoms with E-state index in [0.717, 1.165) is 4.52 Å². The van der Waals surface area contributed by atoms with E-state index in [9.17, 15) is 18.0 Å². The number of imidazole rings is 2. The summed E-state index contributed by atoms with van der Waals surface area (Å²) in [6.07, 6.45) is 0.311.